The number of aliphatic hydroxyl groups is 3. The number of fused-ring (bicyclic) bond motifs is 1. The summed E-state index contributed by atoms with van der Waals surface area (Å²) in [5.41, 5.74) is 2.78. The number of carbonyl (C=O) groups is 1. The maximum absolute atomic E-state index is 11.3. The Morgan fingerprint density at radius 2 is 1.83 bits per heavy atom. The number of aryl methyl sites for hydroxylation is 1. The number of hydrogen-bond donors (Lipinski definition) is 3. The van der Waals surface area contributed by atoms with E-state index < -0.39 is 17.9 Å². The van der Waals surface area contributed by atoms with Crippen molar-refractivity contribution < 1.29 is 24.9 Å². The first-order valence-electron chi connectivity index (χ1n) is 11.0. The van der Waals surface area contributed by atoms with Gasteiger partial charge in [-0.3, -0.25) is 4.98 Å². The average molecular weight is 418 g/mol. The minimum Gasteiger partial charge on any atom is -0.465 e. The van der Waals surface area contributed by atoms with Crippen LogP contribution < -0.4 is 0 Å². The second-order valence-corrected chi connectivity index (χ2v) is 7.95. The molecule has 0 radical (unpaired) electrons. The number of rotatable bonds is 13. The Balaban J connectivity index is 1.95. The van der Waals surface area contributed by atoms with E-state index in [9.17, 15) is 20.1 Å². The minimum absolute atomic E-state index is 0.0463. The molecule has 6 nitrogen and oxygen atoms in total. The van der Waals surface area contributed by atoms with Crippen molar-refractivity contribution in [1.82, 2.24) is 4.98 Å². The lowest BCUT2D eigenvalue weighted by Crippen LogP contribution is -2.39. The number of ether oxygens (including phenoxy) is 1. The zero-order valence-electron chi connectivity index (χ0n) is 18.1. The van der Waals surface area contributed by atoms with Crippen LogP contribution >= 0.6 is 0 Å². The van der Waals surface area contributed by atoms with E-state index in [1.165, 1.54) is 0 Å². The molecular formula is C24H35NO5. The maximum Gasteiger partial charge on any atom is 0.366 e. The normalized spacial score (nSPS) is 12.8. The van der Waals surface area contributed by atoms with Gasteiger partial charge in [0.15, 0.2) is 0 Å². The van der Waals surface area contributed by atoms with E-state index in [4.69, 9.17) is 4.98 Å². The Bertz CT molecular complexity index is 805. The number of pyridine rings is 1. The predicted octanol–water partition coefficient (Wildman–Crippen LogP) is 4.20. The quantitative estimate of drug-likeness (QED) is 0.257. The molecule has 3 N–H and O–H groups in total. The van der Waals surface area contributed by atoms with E-state index in [0.29, 0.717) is 6.42 Å². The van der Waals surface area contributed by atoms with E-state index >= 15 is 0 Å². The van der Waals surface area contributed by atoms with Crippen molar-refractivity contribution in [3.8, 4) is 0 Å². The van der Waals surface area contributed by atoms with Crippen molar-refractivity contribution in [3.05, 3.63) is 41.6 Å². The molecule has 0 fully saturated rings. The standard InChI is InChI=1S/C24H35NO5/c1-3-4-7-15-22(26)19-17-18-12-9-10-13-20(18)25-21(19)14-8-5-6-11-16-24(28,29)23(27)30-2/h9-10,12-13,17,22,26,28-29H,3-8,11,14-16H2,1-2H3/t22-/m0/s1. The first-order valence-corrected chi connectivity index (χ1v) is 11.0. The fourth-order valence-electron chi connectivity index (χ4n) is 3.69. The smallest absolute Gasteiger partial charge is 0.366 e. The van der Waals surface area contributed by atoms with Gasteiger partial charge in [-0.05, 0) is 37.8 Å². The van der Waals surface area contributed by atoms with Gasteiger partial charge >= 0.3 is 5.97 Å². The number of hydrogen-bond acceptors (Lipinski definition) is 6. The van der Waals surface area contributed by atoms with Crippen molar-refractivity contribution in [2.45, 2.75) is 83.0 Å². The third kappa shape index (κ3) is 7.04. The van der Waals surface area contributed by atoms with E-state index in [-0.39, 0.29) is 6.42 Å². The number of esters is 1. The number of aliphatic hydroxyl groups excluding tert-OH is 1. The molecule has 0 amide bonds. The predicted molar refractivity (Wildman–Crippen MR) is 117 cm³/mol. The van der Waals surface area contributed by atoms with Gasteiger partial charge in [-0.25, -0.2) is 4.79 Å². The third-order valence-corrected chi connectivity index (χ3v) is 5.48. The molecule has 2 aromatic rings. The molecule has 1 atom stereocenters. The number of benzene rings is 1. The first kappa shape index (κ1) is 24.3. The highest BCUT2D eigenvalue weighted by Crippen LogP contribution is 2.27. The van der Waals surface area contributed by atoms with Gasteiger partial charge in [-0.1, -0.05) is 57.2 Å². The number of aromatic nitrogens is 1. The number of nitrogens with zero attached hydrogens (tertiary/aromatic N) is 1. The highest BCUT2D eigenvalue weighted by atomic mass is 16.6. The number of para-hydroxylation sites is 1. The maximum atomic E-state index is 11.3. The third-order valence-electron chi connectivity index (χ3n) is 5.48. The monoisotopic (exact) mass is 417 g/mol. The summed E-state index contributed by atoms with van der Waals surface area (Å²) in [4.78, 5) is 16.1. The summed E-state index contributed by atoms with van der Waals surface area (Å²) in [5.74, 6) is -3.44. The summed E-state index contributed by atoms with van der Waals surface area (Å²) in [5, 5.41) is 31.1. The zero-order chi connectivity index (χ0) is 22.0. The van der Waals surface area contributed by atoms with E-state index in [0.717, 1.165) is 80.6 Å². The van der Waals surface area contributed by atoms with Crippen LogP contribution in [0.3, 0.4) is 0 Å². The summed E-state index contributed by atoms with van der Waals surface area (Å²) < 4.78 is 4.39. The highest BCUT2D eigenvalue weighted by Gasteiger charge is 2.33. The molecule has 166 valence electrons. The summed E-state index contributed by atoms with van der Waals surface area (Å²) in [7, 11) is 1.13. The van der Waals surface area contributed by atoms with Gasteiger partial charge in [0.25, 0.3) is 5.79 Å². The average Bonchev–Trinajstić information content (AvgIpc) is 2.74. The van der Waals surface area contributed by atoms with Crippen LogP contribution in [0.15, 0.2) is 30.3 Å². The molecule has 2 rings (SSSR count). The fraction of sp³-hybridized carbons (Fsp3) is 0.583. The van der Waals surface area contributed by atoms with Gasteiger partial charge in [0.2, 0.25) is 0 Å². The molecule has 1 aromatic heterocycles. The summed E-state index contributed by atoms with van der Waals surface area (Å²) in [6, 6.07) is 10.0. The molecule has 0 saturated heterocycles. The first-order chi connectivity index (χ1) is 14.4. The van der Waals surface area contributed by atoms with Gasteiger partial charge in [-0.15, -0.1) is 0 Å². The lowest BCUT2D eigenvalue weighted by Gasteiger charge is -2.18. The molecule has 0 saturated carbocycles. The molecule has 30 heavy (non-hydrogen) atoms. The number of unbranched alkanes of at least 4 members (excludes halogenated alkanes) is 5. The Labute approximate surface area is 178 Å². The van der Waals surface area contributed by atoms with Gasteiger partial charge in [0.05, 0.1) is 18.7 Å². The molecule has 0 unspecified atom stereocenters. The molecule has 0 bridgehead atoms. The molecule has 1 heterocycles. The molecule has 0 aliphatic carbocycles. The van der Waals surface area contributed by atoms with Crippen molar-refractivity contribution >= 4 is 16.9 Å². The zero-order valence-corrected chi connectivity index (χ0v) is 18.1. The van der Waals surface area contributed by atoms with Crippen LogP contribution in [-0.2, 0) is 16.0 Å². The molecule has 1 aromatic carbocycles. The summed E-state index contributed by atoms with van der Waals surface area (Å²) in [6.45, 7) is 2.15. The van der Waals surface area contributed by atoms with Crippen molar-refractivity contribution in [1.29, 1.82) is 0 Å². The second-order valence-electron chi connectivity index (χ2n) is 7.95. The van der Waals surface area contributed by atoms with E-state index in [1.807, 2.05) is 24.3 Å². The fourth-order valence-corrected chi connectivity index (χ4v) is 3.69. The minimum atomic E-state index is -2.41. The van der Waals surface area contributed by atoms with Crippen LogP contribution in [0.4, 0.5) is 0 Å². The summed E-state index contributed by atoms with van der Waals surface area (Å²) in [6.07, 6.45) is 7.19. The Hall–Kier alpha value is -2.02. The number of carbonyl (C=O) groups excluding carboxylic acids is 1. The lowest BCUT2D eigenvalue weighted by atomic mass is 9.96. The Morgan fingerprint density at radius 3 is 2.57 bits per heavy atom. The largest absolute Gasteiger partial charge is 0.465 e. The Kier molecular flexibility index (Phi) is 9.69. The number of methoxy groups -OCH3 is 1. The van der Waals surface area contributed by atoms with Crippen LogP contribution in [0.1, 0.15) is 82.1 Å². The van der Waals surface area contributed by atoms with Crippen LogP contribution in [0.2, 0.25) is 0 Å². The lowest BCUT2D eigenvalue weighted by molar-refractivity contribution is -0.209. The summed E-state index contributed by atoms with van der Waals surface area (Å²) >= 11 is 0. The van der Waals surface area contributed by atoms with E-state index in [1.54, 1.807) is 0 Å². The van der Waals surface area contributed by atoms with Crippen LogP contribution in [0, 0.1) is 0 Å². The molecule has 0 spiro atoms. The van der Waals surface area contributed by atoms with Crippen molar-refractivity contribution in [3.63, 3.8) is 0 Å². The molecule has 0 aliphatic rings. The van der Waals surface area contributed by atoms with Gasteiger partial charge in [0.1, 0.15) is 0 Å². The highest BCUT2D eigenvalue weighted by molar-refractivity contribution is 5.79. The van der Waals surface area contributed by atoms with Crippen LogP contribution in [0.25, 0.3) is 10.9 Å². The van der Waals surface area contributed by atoms with Crippen LogP contribution in [0.5, 0.6) is 0 Å². The molecule has 6 heteroatoms. The molecular weight excluding hydrogens is 382 g/mol. The molecule has 0 aliphatic heterocycles. The van der Waals surface area contributed by atoms with Gasteiger partial charge < -0.3 is 20.1 Å². The second kappa shape index (κ2) is 12.0. The topological polar surface area (TPSA) is 99.9 Å². The van der Waals surface area contributed by atoms with E-state index in [2.05, 4.69) is 17.7 Å². The van der Waals surface area contributed by atoms with Gasteiger partial charge in [0, 0.05) is 23.1 Å². The van der Waals surface area contributed by atoms with Crippen molar-refractivity contribution in [2.75, 3.05) is 7.11 Å². The van der Waals surface area contributed by atoms with Gasteiger partial charge in [-0.2, -0.15) is 0 Å². The Morgan fingerprint density at radius 1 is 1.10 bits per heavy atom. The van der Waals surface area contributed by atoms with Crippen LogP contribution in [-0.4, -0.2) is 39.2 Å². The van der Waals surface area contributed by atoms with Crippen molar-refractivity contribution in [2.24, 2.45) is 0 Å². The SMILES string of the molecule is CCCCC[C@H](O)c1cc2ccccc2nc1CCCCCCC(O)(O)C(=O)OC.